The Kier molecular flexibility index (Phi) is 4.13. The fourth-order valence-electron chi connectivity index (χ4n) is 5.80. The third kappa shape index (κ3) is 2.91. The predicted molar refractivity (Wildman–Crippen MR) is 156 cm³/mol. The molecule has 0 amide bonds. The molecule has 176 valence electrons. The minimum absolute atomic E-state index is 0.0154. The van der Waals surface area contributed by atoms with Crippen LogP contribution in [0.25, 0.3) is 65.2 Å². The third-order valence-corrected chi connectivity index (χ3v) is 7.85. The smallest absolute Gasteiger partial charge is 0.0802 e. The number of fused-ring (bicyclic) bond motifs is 6. The van der Waals surface area contributed by atoms with Crippen LogP contribution in [0.5, 0.6) is 0 Å². The lowest BCUT2D eigenvalue weighted by Crippen LogP contribution is -2.12. The Balaban J connectivity index is 1.88. The second-order valence-corrected chi connectivity index (χ2v) is 12.3. The van der Waals surface area contributed by atoms with Crippen molar-refractivity contribution in [3.8, 4) is 0 Å². The zero-order chi connectivity index (χ0) is 25.0. The van der Waals surface area contributed by atoms with Gasteiger partial charge in [0.05, 0.1) is 22.1 Å². The molecule has 0 N–H and O–H groups in total. The number of pyridine rings is 2. The van der Waals surface area contributed by atoms with Crippen molar-refractivity contribution in [1.82, 2.24) is 9.97 Å². The summed E-state index contributed by atoms with van der Waals surface area (Å²) in [5.41, 5.74) is 6.94. The molecular formula is C34H30N2. The summed E-state index contributed by atoms with van der Waals surface area (Å²) in [6, 6.07) is 26.7. The zero-order valence-electron chi connectivity index (χ0n) is 21.8. The molecule has 2 nitrogen and oxygen atoms in total. The molecule has 2 heteroatoms. The molecule has 2 heterocycles. The summed E-state index contributed by atoms with van der Waals surface area (Å²) in [7, 11) is 0. The first-order valence-corrected chi connectivity index (χ1v) is 12.9. The van der Waals surface area contributed by atoms with Crippen LogP contribution in [0.2, 0.25) is 0 Å². The van der Waals surface area contributed by atoms with Gasteiger partial charge >= 0.3 is 0 Å². The first-order chi connectivity index (χ1) is 17.1. The minimum Gasteiger partial charge on any atom is -0.247 e. The summed E-state index contributed by atoms with van der Waals surface area (Å²) in [4.78, 5) is 10.7. The van der Waals surface area contributed by atoms with E-state index in [-0.39, 0.29) is 10.8 Å². The van der Waals surface area contributed by atoms with Crippen molar-refractivity contribution in [2.24, 2.45) is 0 Å². The standard InChI is InChI=1S/C34H30N2/c1-33(2,3)19-15-23-21-11-7-9-13-27(21)36-32-26-18-20(34(4,5)6)16-24-22-12-8-10-14-28(22)35-31(30(24)26)25(17-19)29(23)32/h7-18H,1-6H3. The highest BCUT2D eigenvalue weighted by Gasteiger charge is 2.24. The number of aromatic nitrogens is 2. The van der Waals surface area contributed by atoms with Gasteiger partial charge < -0.3 is 0 Å². The SMILES string of the molecule is CC(C)(C)c1cc2c3ccccc3nc3c4cc(C(C)(C)C)cc5c6ccccc6nc(c(c1)c23)c54. The number of hydrogen-bond donors (Lipinski definition) is 0. The Morgan fingerprint density at radius 3 is 1.19 bits per heavy atom. The third-order valence-electron chi connectivity index (χ3n) is 7.85. The molecule has 0 atom stereocenters. The van der Waals surface area contributed by atoms with Crippen LogP contribution in [-0.2, 0) is 10.8 Å². The van der Waals surface area contributed by atoms with Crippen LogP contribution >= 0.6 is 0 Å². The molecule has 36 heavy (non-hydrogen) atoms. The molecule has 0 bridgehead atoms. The van der Waals surface area contributed by atoms with Crippen molar-refractivity contribution in [2.75, 3.05) is 0 Å². The van der Waals surface area contributed by atoms with Gasteiger partial charge in [-0.15, -0.1) is 0 Å². The molecule has 2 aromatic heterocycles. The van der Waals surface area contributed by atoms with E-state index in [0.29, 0.717) is 0 Å². The van der Waals surface area contributed by atoms with E-state index in [1.54, 1.807) is 0 Å². The monoisotopic (exact) mass is 466 g/mol. The number of nitrogens with zero attached hydrogens (tertiary/aromatic N) is 2. The lowest BCUT2D eigenvalue weighted by Gasteiger charge is -2.24. The molecule has 0 unspecified atom stereocenters. The Bertz CT molecular complexity index is 1850. The normalized spacial score (nSPS) is 13.3. The molecule has 0 fully saturated rings. The maximum Gasteiger partial charge on any atom is 0.0802 e. The Labute approximate surface area is 211 Å². The van der Waals surface area contributed by atoms with Crippen LogP contribution in [-0.4, -0.2) is 9.97 Å². The van der Waals surface area contributed by atoms with E-state index >= 15 is 0 Å². The Hall–Kier alpha value is -3.78. The van der Waals surface area contributed by atoms with E-state index in [1.165, 1.54) is 54.2 Å². The van der Waals surface area contributed by atoms with Crippen molar-refractivity contribution in [3.05, 3.63) is 83.9 Å². The molecule has 0 aliphatic heterocycles. The van der Waals surface area contributed by atoms with Gasteiger partial charge in [-0.25, -0.2) is 9.97 Å². The van der Waals surface area contributed by atoms with Gasteiger partial charge in [-0.3, -0.25) is 0 Å². The molecule has 7 aromatic rings. The summed E-state index contributed by atoms with van der Waals surface area (Å²) in [6.45, 7) is 13.8. The van der Waals surface area contributed by atoms with Gasteiger partial charge in [0, 0.05) is 32.3 Å². The number of benzene rings is 5. The van der Waals surface area contributed by atoms with Crippen molar-refractivity contribution < 1.29 is 0 Å². The maximum atomic E-state index is 5.33. The Morgan fingerprint density at radius 1 is 0.444 bits per heavy atom. The predicted octanol–water partition coefficient (Wildman–Crippen LogP) is 9.43. The lowest BCUT2D eigenvalue weighted by atomic mass is 9.81. The molecule has 7 rings (SSSR count). The van der Waals surface area contributed by atoms with E-state index in [2.05, 4.69) is 114 Å². The number of hydrogen-bond acceptors (Lipinski definition) is 2. The average Bonchev–Trinajstić information content (AvgIpc) is 2.85. The second-order valence-electron chi connectivity index (χ2n) is 12.3. The fourth-order valence-corrected chi connectivity index (χ4v) is 5.80. The van der Waals surface area contributed by atoms with Gasteiger partial charge in [0.15, 0.2) is 0 Å². The van der Waals surface area contributed by atoms with Gasteiger partial charge in [-0.1, -0.05) is 77.9 Å². The molecule has 0 radical (unpaired) electrons. The van der Waals surface area contributed by atoms with Gasteiger partial charge in [0.2, 0.25) is 0 Å². The zero-order valence-corrected chi connectivity index (χ0v) is 21.8. The van der Waals surface area contributed by atoms with E-state index < -0.39 is 0 Å². The first kappa shape index (κ1) is 21.5. The van der Waals surface area contributed by atoms with Crippen LogP contribution in [0.1, 0.15) is 52.7 Å². The summed E-state index contributed by atoms with van der Waals surface area (Å²) < 4.78 is 0. The highest BCUT2D eigenvalue weighted by Crippen LogP contribution is 2.45. The molecule has 0 aliphatic carbocycles. The molecule has 0 aliphatic rings. The quantitative estimate of drug-likeness (QED) is 0.164. The molecule has 0 saturated heterocycles. The van der Waals surface area contributed by atoms with Gasteiger partial charge in [0.25, 0.3) is 0 Å². The van der Waals surface area contributed by atoms with E-state index in [9.17, 15) is 0 Å². The summed E-state index contributed by atoms with van der Waals surface area (Å²) in [5.74, 6) is 0. The number of rotatable bonds is 0. The molecular weight excluding hydrogens is 436 g/mol. The molecule has 0 spiro atoms. The molecule has 0 saturated carbocycles. The maximum absolute atomic E-state index is 5.33. The largest absolute Gasteiger partial charge is 0.247 e. The van der Waals surface area contributed by atoms with Gasteiger partial charge in [0.1, 0.15) is 0 Å². The topological polar surface area (TPSA) is 25.8 Å². The van der Waals surface area contributed by atoms with Crippen LogP contribution < -0.4 is 0 Å². The second kappa shape index (κ2) is 6.91. The van der Waals surface area contributed by atoms with Crippen LogP contribution in [0, 0.1) is 0 Å². The van der Waals surface area contributed by atoms with Gasteiger partial charge in [-0.2, -0.15) is 0 Å². The van der Waals surface area contributed by atoms with Crippen LogP contribution in [0.4, 0.5) is 0 Å². The summed E-state index contributed by atoms with van der Waals surface area (Å²) >= 11 is 0. The minimum atomic E-state index is 0.0154. The average molecular weight is 467 g/mol. The van der Waals surface area contributed by atoms with Crippen LogP contribution in [0.3, 0.4) is 0 Å². The van der Waals surface area contributed by atoms with Crippen molar-refractivity contribution in [1.29, 1.82) is 0 Å². The lowest BCUT2D eigenvalue weighted by molar-refractivity contribution is 0.591. The van der Waals surface area contributed by atoms with E-state index in [1.807, 2.05) is 0 Å². The van der Waals surface area contributed by atoms with Crippen LogP contribution in [0.15, 0.2) is 72.8 Å². The Morgan fingerprint density at radius 2 is 0.806 bits per heavy atom. The summed E-state index contributed by atoms with van der Waals surface area (Å²) in [6.07, 6.45) is 0. The van der Waals surface area contributed by atoms with Crippen molar-refractivity contribution in [3.63, 3.8) is 0 Å². The first-order valence-electron chi connectivity index (χ1n) is 12.9. The highest BCUT2D eigenvalue weighted by atomic mass is 14.7. The van der Waals surface area contributed by atoms with Crippen molar-refractivity contribution in [2.45, 2.75) is 52.4 Å². The highest BCUT2D eigenvalue weighted by molar-refractivity contribution is 6.36. The number of para-hydroxylation sites is 2. The van der Waals surface area contributed by atoms with Crippen molar-refractivity contribution >= 4 is 65.2 Å². The summed E-state index contributed by atoms with van der Waals surface area (Å²) in [5, 5.41) is 9.82. The molecule has 5 aromatic carbocycles. The van der Waals surface area contributed by atoms with E-state index in [4.69, 9.17) is 9.97 Å². The van der Waals surface area contributed by atoms with E-state index in [0.717, 1.165) is 22.1 Å². The van der Waals surface area contributed by atoms with Gasteiger partial charge in [-0.05, 0) is 69.1 Å². The fraction of sp³-hybridized carbons (Fsp3) is 0.235.